The molecule has 0 heterocycles. The quantitative estimate of drug-likeness (QED) is 0.444. The van der Waals surface area contributed by atoms with Gasteiger partial charge in [-0.15, -0.1) is 9.24 Å². The first-order valence-corrected chi connectivity index (χ1v) is 3.88. The van der Waals surface area contributed by atoms with Crippen molar-refractivity contribution in [2.45, 2.75) is 26.4 Å². The van der Waals surface area contributed by atoms with Crippen molar-refractivity contribution in [3.63, 3.8) is 0 Å². The zero-order valence-corrected chi connectivity index (χ0v) is 7.04. The molecule has 54 valence electrons. The normalized spacial score (nSPS) is 9.78. The Morgan fingerprint density at radius 2 is 2.22 bits per heavy atom. The highest BCUT2D eigenvalue weighted by molar-refractivity contribution is 7.16. The average Bonchev–Trinajstić information content (AvgIpc) is 1.63. The molecule has 3 heteroatoms. The lowest BCUT2D eigenvalue weighted by molar-refractivity contribution is -0.146. The van der Waals surface area contributed by atoms with Gasteiger partial charge in [0, 0.05) is 6.42 Å². The van der Waals surface area contributed by atoms with Crippen molar-refractivity contribution in [3.05, 3.63) is 0 Å². The van der Waals surface area contributed by atoms with Crippen LogP contribution in [-0.4, -0.2) is 18.2 Å². The Bertz CT molecular complexity index is 91.1. The molecule has 0 amide bonds. The molecule has 0 aliphatic rings. The van der Waals surface area contributed by atoms with Crippen molar-refractivity contribution in [1.82, 2.24) is 0 Å². The third-order valence-corrected chi connectivity index (χ3v) is 1.00. The molecule has 0 aliphatic carbocycles. The lowest BCUT2D eigenvalue weighted by Crippen LogP contribution is -2.11. The molecule has 0 saturated carbocycles. The minimum Gasteiger partial charge on any atom is -0.463 e. The molecule has 0 aromatic carbocycles. The molecule has 0 saturated heterocycles. The highest BCUT2D eigenvalue weighted by atomic mass is 31.0. The maximum absolute atomic E-state index is 10.6. The van der Waals surface area contributed by atoms with E-state index in [1.165, 1.54) is 0 Å². The van der Waals surface area contributed by atoms with Gasteiger partial charge in [-0.1, -0.05) is 0 Å². The summed E-state index contributed by atoms with van der Waals surface area (Å²) in [5.41, 5.74) is 0. The van der Waals surface area contributed by atoms with Crippen molar-refractivity contribution in [1.29, 1.82) is 0 Å². The van der Waals surface area contributed by atoms with Crippen LogP contribution < -0.4 is 0 Å². The highest BCUT2D eigenvalue weighted by Crippen LogP contribution is 1.95. The molecule has 0 fully saturated rings. The monoisotopic (exact) mass is 148 g/mol. The largest absolute Gasteiger partial charge is 0.463 e. The average molecular weight is 148 g/mol. The molecular formula is C6H13O2P. The van der Waals surface area contributed by atoms with Crippen LogP contribution in [0.15, 0.2) is 0 Å². The van der Waals surface area contributed by atoms with Crippen molar-refractivity contribution in [3.8, 4) is 0 Å². The van der Waals surface area contributed by atoms with Crippen LogP contribution in [0.5, 0.6) is 0 Å². The summed E-state index contributed by atoms with van der Waals surface area (Å²) in [6.07, 6.45) is 1.31. The molecule has 1 unspecified atom stereocenters. The van der Waals surface area contributed by atoms with E-state index in [-0.39, 0.29) is 12.1 Å². The van der Waals surface area contributed by atoms with E-state index in [2.05, 4.69) is 9.24 Å². The highest BCUT2D eigenvalue weighted by Gasteiger charge is 2.01. The lowest BCUT2D eigenvalue weighted by atomic mass is 10.4. The van der Waals surface area contributed by atoms with Crippen LogP contribution in [0.2, 0.25) is 0 Å². The molecular weight excluding hydrogens is 135 g/mol. The van der Waals surface area contributed by atoms with Gasteiger partial charge in [0.05, 0.1) is 6.10 Å². The van der Waals surface area contributed by atoms with Crippen molar-refractivity contribution >= 4 is 15.2 Å². The second-order valence-electron chi connectivity index (χ2n) is 2.08. The Kier molecular flexibility index (Phi) is 4.70. The minimum absolute atomic E-state index is 0.0223. The number of hydrogen-bond acceptors (Lipinski definition) is 2. The summed E-state index contributed by atoms with van der Waals surface area (Å²) in [5, 5.41) is 0. The third kappa shape index (κ3) is 5.78. The second-order valence-corrected chi connectivity index (χ2v) is 2.65. The molecule has 2 nitrogen and oxygen atoms in total. The first-order valence-electron chi connectivity index (χ1n) is 3.06. The summed E-state index contributed by atoms with van der Waals surface area (Å²) in [7, 11) is 2.48. The Morgan fingerprint density at radius 3 is 2.56 bits per heavy atom. The van der Waals surface area contributed by atoms with Crippen LogP contribution in [0.3, 0.4) is 0 Å². The van der Waals surface area contributed by atoms with E-state index < -0.39 is 0 Å². The third-order valence-electron chi connectivity index (χ3n) is 0.716. The number of esters is 1. The van der Waals surface area contributed by atoms with Crippen molar-refractivity contribution in [2.24, 2.45) is 0 Å². The van der Waals surface area contributed by atoms with E-state index in [1.54, 1.807) is 0 Å². The molecule has 0 aliphatic heterocycles. The summed E-state index contributed by atoms with van der Waals surface area (Å²) < 4.78 is 4.84. The standard InChI is InChI=1S/C6H13O2P/c1-5(2)8-6(7)3-4-9/h5H,3-4,9H2,1-2H3. The first-order chi connectivity index (χ1) is 4.16. The van der Waals surface area contributed by atoms with Crippen LogP contribution in [0.4, 0.5) is 0 Å². The van der Waals surface area contributed by atoms with Crippen LogP contribution >= 0.6 is 9.24 Å². The molecule has 0 radical (unpaired) electrons. The van der Waals surface area contributed by atoms with E-state index in [1.807, 2.05) is 13.8 Å². The topological polar surface area (TPSA) is 26.3 Å². The van der Waals surface area contributed by atoms with Gasteiger partial charge in [-0.3, -0.25) is 4.79 Å². The van der Waals surface area contributed by atoms with E-state index in [0.717, 1.165) is 6.16 Å². The van der Waals surface area contributed by atoms with E-state index >= 15 is 0 Å². The van der Waals surface area contributed by atoms with Gasteiger partial charge < -0.3 is 4.74 Å². The fourth-order valence-electron chi connectivity index (χ4n) is 0.440. The number of rotatable bonds is 3. The van der Waals surface area contributed by atoms with Gasteiger partial charge in [0.1, 0.15) is 0 Å². The van der Waals surface area contributed by atoms with Gasteiger partial charge in [0.25, 0.3) is 0 Å². The SMILES string of the molecule is CC(C)OC(=O)CCP. The van der Waals surface area contributed by atoms with Gasteiger partial charge in [-0.05, 0) is 20.0 Å². The summed E-state index contributed by atoms with van der Waals surface area (Å²) in [4.78, 5) is 10.6. The molecule has 9 heavy (non-hydrogen) atoms. The van der Waals surface area contributed by atoms with E-state index in [4.69, 9.17) is 4.74 Å². The minimum atomic E-state index is -0.111. The second kappa shape index (κ2) is 4.75. The molecule has 0 spiro atoms. The summed E-state index contributed by atoms with van der Waals surface area (Å²) in [6, 6.07) is 0. The molecule has 0 aromatic heterocycles. The smallest absolute Gasteiger partial charge is 0.306 e. The Labute approximate surface area is 58.2 Å². The molecule has 0 bridgehead atoms. The van der Waals surface area contributed by atoms with E-state index in [9.17, 15) is 4.79 Å². The van der Waals surface area contributed by atoms with Crippen LogP contribution in [0, 0.1) is 0 Å². The van der Waals surface area contributed by atoms with E-state index in [0.29, 0.717) is 6.42 Å². The number of ether oxygens (including phenoxy) is 1. The van der Waals surface area contributed by atoms with Gasteiger partial charge in [-0.25, -0.2) is 0 Å². The van der Waals surface area contributed by atoms with Gasteiger partial charge in [-0.2, -0.15) is 0 Å². The molecule has 0 aromatic rings. The lowest BCUT2D eigenvalue weighted by Gasteiger charge is -2.05. The van der Waals surface area contributed by atoms with Gasteiger partial charge in [0.2, 0.25) is 0 Å². The Balaban J connectivity index is 3.27. The summed E-state index contributed by atoms with van der Waals surface area (Å²) in [5.74, 6) is -0.111. The van der Waals surface area contributed by atoms with Crippen molar-refractivity contribution in [2.75, 3.05) is 6.16 Å². The molecule has 0 rings (SSSR count). The van der Waals surface area contributed by atoms with Crippen molar-refractivity contribution < 1.29 is 9.53 Å². The number of carbonyl (C=O) groups excluding carboxylic acids is 1. The zero-order chi connectivity index (χ0) is 7.28. The molecule has 0 N–H and O–H groups in total. The van der Waals surface area contributed by atoms with Crippen LogP contribution in [0.1, 0.15) is 20.3 Å². The predicted octanol–water partition coefficient (Wildman–Crippen LogP) is 1.20. The fraction of sp³-hybridized carbons (Fsp3) is 0.833. The molecule has 1 atom stereocenters. The van der Waals surface area contributed by atoms with Gasteiger partial charge in [0.15, 0.2) is 0 Å². The Hall–Kier alpha value is -0.100. The summed E-state index contributed by atoms with van der Waals surface area (Å²) in [6.45, 7) is 3.70. The summed E-state index contributed by atoms with van der Waals surface area (Å²) >= 11 is 0. The maximum Gasteiger partial charge on any atom is 0.306 e. The van der Waals surface area contributed by atoms with Crippen LogP contribution in [-0.2, 0) is 9.53 Å². The first kappa shape index (κ1) is 8.90. The number of carbonyl (C=O) groups is 1. The fourth-order valence-corrected chi connectivity index (χ4v) is 0.675. The van der Waals surface area contributed by atoms with Gasteiger partial charge >= 0.3 is 5.97 Å². The van der Waals surface area contributed by atoms with Crippen LogP contribution in [0.25, 0.3) is 0 Å². The zero-order valence-electron chi connectivity index (χ0n) is 5.89. The maximum atomic E-state index is 10.6. The predicted molar refractivity (Wildman–Crippen MR) is 40.4 cm³/mol. The Morgan fingerprint density at radius 1 is 1.67 bits per heavy atom. The number of hydrogen-bond donors (Lipinski definition) is 0.